The number of carbonyl (C=O) groups excluding carboxylic acids is 2. The maximum absolute atomic E-state index is 12.3. The maximum atomic E-state index is 12.3. The molecular weight excluding hydrogens is 321 g/mol. The number of halogens is 3. The molecule has 1 saturated heterocycles. The van der Waals surface area contributed by atoms with Crippen LogP contribution in [-0.2, 0) is 4.79 Å². The summed E-state index contributed by atoms with van der Waals surface area (Å²) in [5, 5.41) is 1.80. The van der Waals surface area contributed by atoms with Crippen LogP contribution in [0.5, 0.6) is 0 Å². The molecule has 2 rings (SSSR count). The van der Waals surface area contributed by atoms with Crippen LogP contribution >= 0.6 is 11.8 Å². The number of aromatic nitrogens is 2. The van der Waals surface area contributed by atoms with Crippen LogP contribution in [0.4, 0.5) is 13.2 Å². The fraction of sp³-hybridized carbons (Fsp3) is 0.500. The third-order valence-electron chi connectivity index (χ3n) is 2.91. The predicted octanol–water partition coefficient (Wildman–Crippen LogP) is 0.979. The van der Waals surface area contributed by atoms with Crippen molar-refractivity contribution in [1.82, 2.24) is 20.2 Å². The van der Waals surface area contributed by atoms with Gasteiger partial charge in [0.25, 0.3) is 5.91 Å². The molecule has 0 aromatic carbocycles. The van der Waals surface area contributed by atoms with Crippen molar-refractivity contribution in [3.8, 4) is 0 Å². The number of amides is 2. The fourth-order valence-corrected chi connectivity index (χ4v) is 2.97. The van der Waals surface area contributed by atoms with E-state index in [0.717, 1.165) is 0 Å². The minimum absolute atomic E-state index is 0.0571. The standard InChI is InChI=1S/C12H13F3N4O2S/c1-7-2-17-8(3-16-7)11(21)19-6-22-4-9(19)10(20)18-5-12(13,14)15/h2-3,9H,4-6H2,1H3,(H,18,20). The Morgan fingerprint density at radius 3 is 2.73 bits per heavy atom. The van der Waals surface area contributed by atoms with Gasteiger partial charge < -0.3 is 10.2 Å². The first-order valence-corrected chi connectivity index (χ1v) is 7.45. The number of nitrogens with zero attached hydrogens (tertiary/aromatic N) is 3. The highest BCUT2D eigenvalue weighted by Gasteiger charge is 2.37. The van der Waals surface area contributed by atoms with Gasteiger partial charge in [-0.1, -0.05) is 0 Å². The van der Waals surface area contributed by atoms with Gasteiger partial charge in [-0.05, 0) is 6.92 Å². The molecule has 1 aliphatic rings. The van der Waals surface area contributed by atoms with E-state index in [1.54, 1.807) is 12.2 Å². The molecule has 0 radical (unpaired) electrons. The fourth-order valence-electron chi connectivity index (χ4n) is 1.82. The van der Waals surface area contributed by atoms with Crippen LogP contribution in [0.1, 0.15) is 16.2 Å². The molecule has 0 bridgehead atoms. The molecule has 2 amide bonds. The van der Waals surface area contributed by atoms with Crippen molar-refractivity contribution in [1.29, 1.82) is 0 Å². The lowest BCUT2D eigenvalue weighted by Gasteiger charge is -2.22. The van der Waals surface area contributed by atoms with Crippen LogP contribution in [0.15, 0.2) is 12.4 Å². The Morgan fingerprint density at radius 2 is 2.14 bits per heavy atom. The Morgan fingerprint density at radius 1 is 1.41 bits per heavy atom. The third kappa shape index (κ3) is 4.09. The lowest BCUT2D eigenvalue weighted by molar-refractivity contribution is -0.140. The Hall–Kier alpha value is -1.84. The number of hydrogen-bond donors (Lipinski definition) is 1. The summed E-state index contributed by atoms with van der Waals surface area (Å²) in [6, 6.07) is -0.942. The zero-order valence-corrected chi connectivity index (χ0v) is 12.4. The van der Waals surface area contributed by atoms with Gasteiger partial charge in [0.15, 0.2) is 0 Å². The van der Waals surface area contributed by atoms with E-state index in [4.69, 9.17) is 0 Å². The molecule has 2 heterocycles. The minimum Gasteiger partial charge on any atom is -0.345 e. The largest absolute Gasteiger partial charge is 0.405 e. The number of nitrogens with one attached hydrogen (secondary N) is 1. The van der Waals surface area contributed by atoms with Crippen LogP contribution < -0.4 is 5.32 Å². The van der Waals surface area contributed by atoms with Crippen molar-refractivity contribution >= 4 is 23.6 Å². The molecule has 1 atom stereocenters. The highest BCUT2D eigenvalue weighted by molar-refractivity contribution is 7.99. The topological polar surface area (TPSA) is 75.2 Å². The smallest absolute Gasteiger partial charge is 0.345 e. The summed E-state index contributed by atoms with van der Waals surface area (Å²) in [5.41, 5.74) is 0.688. The first-order chi connectivity index (χ1) is 10.3. The van der Waals surface area contributed by atoms with Gasteiger partial charge >= 0.3 is 6.18 Å². The second-order valence-corrected chi connectivity index (χ2v) is 5.67. The van der Waals surface area contributed by atoms with Gasteiger partial charge in [0, 0.05) is 11.9 Å². The Bertz CT molecular complexity index is 564. The average Bonchev–Trinajstić information content (AvgIpc) is 2.93. The molecule has 10 heteroatoms. The lowest BCUT2D eigenvalue weighted by atomic mass is 10.2. The van der Waals surface area contributed by atoms with Gasteiger partial charge in [0.05, 0.1) is 17.8 Å². The molecule has 1 aromatic rings. The molecule has 0 spiro atoms. The second-order valence-electron chi connectivity index (χ2n) is 4.67. The summed E-state index contributed by atoms with van der Waals surface area (Å²) in [5.74, 6) is -0.881. The Balaban J connectivity index is 2.05. The molecule has 0 aliphatic carbocycles. The van der Waals surface area contributed by atoms with Gasteiger partial charge in [-0.15, -0.1) is 11.8 Å². The molecule has 0 saturated carbocycles. The lowest BCUT2D eigenvalue weighted by Crippen LogP contribution is -2.49. The van der Waals surface area contributed by atoms with Crippen molar-refractivity contribution in [2.75, 3.05) is 18.2 Å². The number of carbonyl (C=O) groups is 2. The van der Waals surface area contributed by atoms with Crippen molar-refractivity contribution in [3.63, 3.8) is 0 Å². The van der Waals surface area contributed by atoms with E-state index in [2.05, 4.69) is 9.97 Å². The number of hydrogen-bond acceptors (Lipinski definition) is 5. The van der Waals surface area contributed by atoms with Gasteiger partial charge in [0.1, 0.15) is 18.3 Å². The Labute approximate surface area is 128 Å². The molecule has 1 fully saturated rings. The van der Waals surface area contributed by atoms with Crippen molar-refractivity contribution in [2.45, 2.75) is 19.1 Å². The van der Waals surface area contributed by atoms with Crippen LogP contribution in [0.2, 0.25) is 0 Å². The van der Waals surface area contributed by atoms with Gasteiger partial charge in [-0.3, -0.25) is 14.6 Å². The highest BCUT2D eigenvalue weighted by atomic mass is 32.2. The normalized spacial score (nSPS) is 18.4. The zero-order chi connectivity index (χ0) is 16.3. The molecule has 1 N–H and O–H groups in total. The minimum atomic E-state index is -4.49. The van der Waals surface area contributed by atoms with E-state index in [9.17, 15) is 22.8 Å². The zero-order valence-electron chi connectivity index (χ0n) is 11.6. The van der Waals surface area contributed by atoms with Crippen molar-refractivity contribution in [2.24, 2.45) is 0 Å². The van der Waals surface area contributed by atoms with E-state index in [0.29, 0.717) is 5.69 Å². The maximum Gasteiger partial charge on any atom is 0.405 e. The molecule has 6 nitrogen and oxygen atoms in total. The van der Waals surface area contributed by atoms with Gasteiger partial charge in [-0.25, -0.2) is 4.98 Å². The average molecular weight is 334 g/mol. The van der Waals surface area contributed by atoms with Crippen LogP contribution in [-0.4, -0.2) is 57.1 Å². The summed E-state index contributed by atoms with van der Waals surface area (Å²) in [4.78, 5) is 33.2. The van der Waals surface area contributed by atoms with Crippen LogP contribution in [0.3, 0.4) is 0 Å². The second kappa shape index (κ2) is 6.51. The van der Waals surface area contributed by atoms with Crippen LogP contribution in [0, 0.1) is 6.92 Å². The van der Waals surface area contributed by atoms with Gasteiger partial charge in [-0.2, -0.15) is 13.2 Å². The van der Waals surface area contributed by atoms with E-state index in [1.807, 2.05) is 0 Å². The molecule has 1 aliphatic heterocycles. The number of rotatable bonds is 3. The van der Waals surface area contributed by atoms with E-state index in [-0.39, 0.29) is 17.3 Å². The van der Waals surface area contributed by atoms with Gasteiger partial charge in [0.2, 0.25) is 5.91 Å². The Kier molecular flexibility index (Phi) is 4.89. The van der Waals surface area contributed by atoms with E-state index in [1.165, 1.54) is 29.1 Å². The number of alkyl halides is 3. The summed E-state index contributed by atoms with van der Waals surface area (Å²) < 4.78 is 36.4. The quantitative estimate of drug-likeness (QED) is 0.892. The SMILES string of the molecule is Cc1cnc(C(=O)N2CSCC2C(=O)NCC(F)(F)F)cn1. The first-order valence-electron chi connectivity index (χ1n) is 6.30. The summed E-state index contributed by atoms with van der Waals surface area (Å²) >= 11 is 1.29. The predicted molar refractivity (Wildman–Crippen MR) is 73.1 cm³/mol. The summed E-state index contributed by atoms with van der Waals surface area (Å²) in [6.45, 7) is 0.291. The van der Waals surface area contributed by atoms with Crippen molar-refractivity contribution in [3.05, 3.63) is 23.8 Å². The first kappa shape index (κ1) is 16.5. The molecule has 22 heavy (non-hydrogen) atoms. The molecule has 1 unspecified atom stereocenters. The van der Waals surface area contributed by atoms with E-state index < -0.39 is 30.6 Å². The summed E-state index contributed by atoms with van der Waals surface area (Å²) in [6.07, 6.45) is -1.79. The van der Waals surface area contributed by atoms with Crippen LogP contribution in [0.25, 0.3) is 0 Å². The van der Waals surface area contributed by atoms with Crippen molar-refractivity contribution < 1.29 is 22.8 Å². The molecular formula is C12H13F3N4O2S. The summed E-state index contributed by atoms with van der Waals surface area (Å²) in [7, 11) is 0. The number of aryl methyl sites for hydroxylation is 1. The molecule has 1 aromatic heterocycles. The molecule has 120 valence electrons. The third-order valence-corrected chi connectivity index (χ3v) is 3.92. The monoisotopic (exact) mass is 334 g/mol. The van der Waals surface area contributed by atoms with E-state index >= 15 is 0 Å². The highest BCUT2D eigenvalue weighted by Crippen LogP contribution is 2.23. The number of thioether (sulfide) groups is 1.